The normalized spacial score (nSPS) is 13.1. The maximum Gasteiger partial charge on any atom is 0.305 e. The molecule has 0 aromatic heterocycles. The Morgan fingerprint density at radius 1 is 0.229 bits per heavy atom. The van der Waals surface area contributed by atoms with Crippen LogP contribution in [0.3, 0.4) is 0 Å². The van der Waals surface area contributed by atoms with Gasteiger partial charge in [-0.05, 0) is 139 Å². The van der Waals surface area contributed by atoms with Gasteiger partial charge in [0.05, 0.1) is 33.0 Å². The molecule has 12 nitrogen and oxygen atoms in total. The number of hydrogen-bond acceptors (Lipinski definition) is 12. The summed E-state index contributed by atoms with van der Waals surface area (Å²) in [6, 6.07) is 0.418. The van der Waals surface area contributed by atoms with Crippen LogP contribution in [-0.2, 0) is 38.1 Å². The maximum absolute atomic E-state index is 12.6. The van der Waals surface area contributed by atoms with Crippen LogP contribution in [0.15, 0.2) is 0 Å². The van der Waals surface area contributed by atoms with Crippen molar-refractivity contribution in [2.24, 2.45) is 29.6 Å². The zero-order chi connectivity index (χ0) is 80.6. The Morgan fingerprint density at radius 3 is 0.615 bits per heavy atom. The SMILES string of the molecule is CCCCCCCCC(CCCCCC)COC(=O)CCCCCC(CCCCCC(=O)OCC(CCCCCC)CCCCCCCC)N(C)CCO.CCCCCCCCC(CCCCCC)COC(=O)CCCCCC(CCCO)CCCCCC(=O)OCC(CCCCCC)CCCCCCCC.CO. The molecular formula is C97H193NO11. The number of unbranched alkanes of at least 4 members (excludes halogenated alkanes) is 40. The fraction of sp³-hybridized carbons (Fsp3) is 0.959. The maximum atomic E-state index is 12.6. The average Bonchev–Trinajstić information content (AvgIpc) is 1.09. The van der Waals surface area contributed by atoms with Crippen LogP contribution in [-0.4, -0.2) is 110 Å². The van der Waals surface area contributed by atoms with Crippen molar-refractivity contribution in [3.05, 3.63) is 0 Å². The molecule has 0 aliphatic heterocycles. The number of aliphatic hydroxyl groups is 3. The van der Waals surface area contributed by atoms with Crippen LogP contribution in [0.1, 0.15) is 505 Å². The summed E-state index contributed by atoms with van der Waals surface area (Å²) >= 11 is 0. The molecule has 0 aliphatic carbocycles. The Bertz CT molecular complexity index is 1690. The topological polar surface area (TPSA) is 169 Å². The third-order valence-electron chi connectivity index (χ3n) is 23.3. The first-order chi connectivity index (χ1) is 53.4. The summed E-state index contributed by atoms with van der Waals surface area (Å²) in [5.41, 5.74) is 0. The van der Waals surface area contributed by atoms with Gasteiger partial charge in [0, 0.05) is 52.0 Å². The second-order valence-electron chi connectivity index (χ2n) is 33.8. The summed E-state index contributed by atoms with van der Waals surface area (Å²) in [6.07, 6.45) is 82.3. The van der Waals surface area contributed by atoms with Gasteiger partial charge in [0.25, 0.3) is 0 Å². The highest BCUT2D eigenvalue weighted by molar-refractivity contribution is 5.70. The number of rotatable bonds is 86. The molecule has 0 heterocycles. The third kappa shape index (κ3) is 83.5. The van der Waals surface area contributed by atoms with Crippen LogP contribution < -0.4 is 0 Å². The van der Waals surface area contributed by atoms with Crippen LogP contribution in [0.4, 0.5) is 0 Å². The Hall–Kier alpha value is -2.28. The molecule has 0 aromatic rings. The largest absolute Gasteiger partial charge is 0.465 e. The first-order valence-electron chi connectivity index (χ1n) is 48.4. The van der Waals surface area contributed by atoms with E-state index in [1.54, 1.807) is 0 Å². The Labute approximate surface area is 679 Å². The molecule has 0 amide bonds. The molecule has 3 N–H and O–H groups in total. The van der Waals surface area contributed by atoms with Gasteiger partial charge in [-0.25, -0.2) is 0 Å². The monoisotopic (exact) mass is 1550 g/mol. The number of likely N-dealkylation sites (N-methyl/N-ethyl adjacent to an activating group) is 1. The summed E-state index contributed by atoms with van der Waals surface area (Å²) in [7, 11) is 3.11. The van der Waals surface area contributed by atoms with Gasteiger partial charge in [0.2, 0.25) is 0 Å². The molecule has 4 atom stereocenters. The molecule has 12 heteroatoms. The van der Waals surface area contributed by atoms with Crippen LogP contribution in [0, 0.1) is 29.6 Å². The Balaban J connectivity index is -0.00000202. The zero-order valence-electron chi connectivity index (χ0n) is 75.0. The summed E-state index contributed by atoms with van der Waals surface area (Å²) in [4.78, 5) is 52.8. The van der Waals surface area contributed by atoms with Crippen LogP contribution in [0.5, 0.6) is 0 Å². The smallest absolute Gasteiger partial charge is 0.305 e. The van der Waals surface area contributed by atoms with Crippen LogP contribution in [0.25, 0.3) is 0 Å². The van der Waals surface area contributed by atoms with Gasteiger partial charge >= 0.3 is 23.9 Å². The van der Waals surface area contributed by atoms with Crippen molar-refractivity contribution < 1.29 is 53.4 Å². The van der Waals surface area contributed by atoms with Crippen LogP contribution in [0.2, 0.25) is 0 Å². The molecule has 0 aliphatic rings. The van der Waals surface area contributed by atoms with Crippen molar-refractivity contribution in [2.45, 2.75) is 511 Å². The lowest BCUT2D eigenvalue weighted by Crippen LogP contribution is -2.34. The molecule has 652 valence electrons. The van der Waals surface area contributed by atoms with E-state index in [0.29, 0.717) is 94.3 Å². The molecule has 109 heavy (non-hydrogen) atoms. The minimum absolute atomic E-state index is 0.0119. The lowest BCUT2D eigenvalue weighted by atomic mass is 9.90. The summed E-state index contributed by atoms with van der Waals surface area (Å²) in [5, 5.41) is 26.0. The van der Waals surface area contributed by atoms with E-state index in [2.05, 4.69) is 67.3 Å². The van der Waals surface area contributed by atoms with Gasteiger partial charge < -0.3 is 39.2 Å². The number of hydrogen-bond donors (Lipinski definition) is 3. The molecule has 0 spiro atoms. The average molecular weight is 1550 g/mol. The Kier molecular flexibility index (Phi) is 94.5. The fourth-order valence-corrected chi connectivity index (χ4v) is 15.8. The summed E-state index contributed by atoms with van der Waals surface area (Å²) in [6.45, 7) is 21.6. The number of esters is 4. The van der Waals surface area contributed by atoms with Crippen molar-refractivity contribution >= 4 is 23.9 Å². The molecule has 0 aromatic carbocycles. The highest BCUT2D eigenvalue weighted by Gasteiger charge is 2.20. The van der Waals surface area contributed by atoms with E-state index in [9.17, 15) is 29.4 Å². The first-order valence-corrected chi connectivity index (χ1v) is 48.4. The van der Waals surface area contributed by atoms with E-state index in [0.717, 1.165) is 123 Å². The minimum atomic E-state index is -0.0238. The second-order valence-corrected chi connectivity index (χ2v) is 33.8. The van der Waals surface area contributed by atoms with E-state index in [-0.39, 0.29) is 37.1 Å². The fourth-order valence-electron chi connectivity index (χ4n) is 15.8. The zero-order valence-corrected chi connectivity index (χ0v) is 75.0. The van der Waals surface area contributed by atoms with Gasteiger partial charge in [0.1, 0.15) is 0 Å². The van der Waals surface area contributed by atoms with E-state index < -0.39 is 0 Å². The lowest BCUT2D eigenvalue weighted by Gasteiger charge is -2.27. The third-order valence-corrected chi connectivity index (χ3v) is 23.3. The quantitative estimate of drug-likeness (QED) is 0.0300. The van der Waals surface area contributed by atoms with E-state index in [1.807, 2.05) is 0 Å². The van der Waals surface area contributed by atoms with Crippen molar-refractivity contribution in [2.75, 3.05) is 60.3 Å². The highest BCUT2D eigenvalue weighted by atomic mass is 16.5. The first kappa shape index (κ1) is 111. The van der Waals surface area contributed by atoms with Crippen molar-refractivity contribution in [3.8, 4) is 0 Å². The second kappa shape index (κ2) is 92.9. The van der Waals surface area contributed by atoms with E-state index in [1.165, 1.54) is 308 Å². The number of carbonyl (C=O) groups is 4. The van der Waals surface area contributed by atoms with Gasteiger partial charge in [0.15, 0.2) is 0 Å². The molecule has 0 radical (unpaired) electrons. The predicted molar refractivity (Wildman–Crippen MR) is 469 cm³/mol. The molecular weight excluding hydrogens is 1360 g/mol. The van der Waals surface area contributed by atoms with E-state index in [4.69, 9.17) is 24.1 Å². The van der Waals surface area contributed by atoms with Gasteiger partial charge in [-0.2, -0.15) is 0 Å². The standard InChI is InChI=1S/C48H95NO5.C48H94O5.CH4O/c1-6-10-14-18-20-26-34-44(32-24-16-12-8-3)42-53-47(51)38-30-22-28-36-46(49(5)40-41-50)37-29-23-31-39-48(52)54-43-45(33-25-17-13-9-4)35-27-21-19-15-11-7-2;1-5-9-13-17-19-25-36-45(34-23-15-11-7-3)42-52-47(50)39-29-21-27-32-44(38-31-41-49)33-28-22-30-40-48(51)53-43-46(35-24-16-12-8-4)37-26-20-18-14-10-6-2;1-2/h44-46,50H,6-43H2,1-5H3;44-46,49H,5-43H2,1-4H3;2H,1H3. The summed E-state index contributed by atoms with van der Waals surface area (Å²) < 4.78 is 23.3. The summed E-state index contributed by atoms with van der Waals surface area (Å²) in [5.74, 6) is 2.63. The molecule has 0 fully saturated rings. The van der Waals surface area contributed by atoms with E-state index >= 15 is 0 Å². The Morgan fingerprint density at radius 2 is 0.404 bits per heavy atom. The molecule has 0 bridgehead atoms. The number of ether oxygens (including phenoxy) is 4. The lowest BCUT2D eigenvalue weighted by molar-refractivity contribution is -0.146. The number of carbonyl (C=O) groups excluding carboxylic acids is 4. The van der Waals surface area contributed by atoms with Crippen LogP contribution >= 0.6 is 0 Å². The molecule has 0 saturated carbocycles. The van der Waals surface area contributed by atoms with Gasteiger partial charge in [-0.3, -0.25) is 19.2 Å². The molecule has 4 unspecified atom stereocenters. The van der Waals surface area contributed by atoms with Gasteiger partial charge in [-0.1, -0.05) is 376 Å². The predicted octanol–water partition coefficient (Wildman–Crippen LogP) is 28.6. The van der Waals surface area contributed by atoms with Gasteiger partial charge in [-0.15, -0.1) is 0 Å². The number of nitrogens with zero attached hydrogens (tertiary/aromatic N) is 1. The van der Waals surface area contributed by atoms with Crippen molar-refractivity contribution in [3.63, 3.8) is 0 Å². The minimum Gasteiger partial charge on any atom is -0.465 e. The molecule has 0 saturated heterocycles. The molecule has 0 rings (SSSR count). The highest BCUT2D eigenvalue weighted by Crippen LogP contribution is 2.28. The van der Waals surface area contributed by atoms with Crippen molar-refractivity contribution in [1.82, 2.24) is 4.90 Å². The van der Waals surface area contributed by atoms with Crippen molar-refractivity contribution in [1.29, 1.82) is 0 Å². The number of aliphatic hydroxyl groups excluding tert-OH is 3.